The first kappa shape index (κ1) is 14.8. The Labute approximate surface area is 122 Å². The summed E-state index contributed by atoms with van der Waals surface area (Å²) in [7, 11) is 0. The Hall–Kier alpha value is -1.56. The average molecular weight is 296 g/mol. The van der Waals surface area contributed by atoms with Crippen molar-refractivity contribution in [3.05, 3.63) is 16.5 Å². The molecule has 0 aliphatic heterocycles. The number of ether oxygens (including phenoxy) is 1. The first-order valence-corrected chi connectivity index (χ1v) is 7.77. The number of carbonyl (C=O) groups excluding carboxylic acids is 2. The fourth-order valence-corrected chi connectivity index (χ4v) is 3.10. The fraction of sp³-hybridized carbons (Fsp3) is 0.571. The van der Waals surface area contributed by atoms with Gasteiger partial charge in [-0.3, -0.25) is 5.32 Å². The highest BCUT2D eigenvalue weighted by Gasteiger charge is 2.36. The highest BCUT2D eigenvalue weighted by molar-refractivity contribution is 7.15. The van der Waals surface area contributed by atoms with Crippen molar-refractivity contribution in [2.75, 3.05) is 11.9 Å². The zero-order chi connectivity index (χ0) is 14.7. The largest absolute Gasteiger partial charge is 0.462 e. The molecule has 20 heavy (non-hydrogen) atoms. The standard InChI is InChI=1S/C14H20N2O3S/c1-4-9-6-10(9)15-14(18)16-12-11(8(3)7-20-12)13(17)19-5-2/h7,9-10H,4-6H2,1-3H3,(H2,15,16,18). The monoisotopic (exact) mass is 296 g/mol. The smallest absolute Gasteiger partial charge is 0.341 e. The molecule has 0 aromatic carbocycles. The third-order valence-corrected chi connectivity index (χ3v) is 4.46. The Kier molecular flexibility index (Phi) is 4.65. The lowest BCUT2D eigenvalue weighted by atomic mass is 10.2. The molecule has 0 radical (unpaired) electrons. The number of anilines is 1. The molecule has 0 bridgehead atoms. The molecule has 1 fully saturated rings. The van der Waals surface area contributed by atoms with Crippen LogP contribution in [0, 0.1) is 12.8 Å². The fourth-order valence-electron chi connectivity index (χ4n) is 2.18. The summed E-state index contributed by atoms with van der Waals surface area (Å²) in [6, 6.07) is 0.0189. The maximum absolute atomic E-state index is 11.9. The number of urea groups is 1. The molecule has 0 spiro atoms. The van der Waals surface area contributed by atoms with Gasteiger partial charge in [-0.25, -0.2) is 9.59 Å². The summed E-state index contributed by atoms with van der Waals surface area (Å²) >= 11 is 1.34. The van der Waals surface area contributed by atoms with Crippen molar-refractivity contribution in [2.24, 2.45) is 5.92 Å². The summed E-state index contributed by atoms with van der Waals surface area (Å²) in [6.45, 7) is 6.03. The summed E-state index contributed by atoms with van der Waals surface area (Å²) < 4.78 is 5.01. The zero-order valence-electron chi connectivity index (χ0n) is 12.0. The number of thiophene rings is 1. The predicted molar refractivity (Wildman–Crippen MR) is 79.4 cm³/mol. The molecule has 2 atom stereocenters. The number of aryl methyl sites for hydroxylation is 1. The van der Waals surface area contributed by atoms with Crippen LogP contribution in [0.25, 0.3) is 0 Å². The number of amides is 2. The van der Waals surface area contributed by atoms with Gasteiger partial charge in [-0.15, -0.1) is 11.3 Å². The third kappa shape index (κ3) is 3.30. The van der Waals surface area contributed by atoms with E-state index in [4.69, 9.17) is 4.74 Å². The molecule has 0 saturated heterocycles. The second kappa shape index (κ2) is 6.26. The zero-order valence-corrected chi connectivity index (χ0v) is 12.8. The normalized spacial score (nSPS) is 20.4. The molecule has 2 unspecified atom stereocenters. The molecular formula is C14H20N2O3S. The van der Waals surface area contributed by atoms with E-state index in [1.54, 1.807) is 6.92 Å². The Balaban J connectivity index is 1.99. The number of nitrogens with one attached hydrogen (secondary N) is 2. The van der Waals surface area contributed by atoms with Crippen LogP contribution in [0.3, 0.4) is 0 Å². The molecule has 110 valence electrons. The molecule has 2 N–H and O–H groups in total. The summed E-state index contributed by atoms with van der Waals surface area (Å²) in [5, 5.41) is 8.06. The van der Waals surface area contributed by atoms with Crippen LogP contribution in [-0.4, -0.2) is 24.6 Å². The Morgan fingerprint density at radius 2 is 2.20 bits per heavy atom. The van der Waals surface area contributed by atoms with Crippen molar-refractivity contribution in [2.45, 2.75) is 39.7 Å². The minimum atomic E-state index is -0.389. The molecular weight excluding hydrogens is 276 g/mol. The number of esters is 1. The molecule has 1 saturated carbocycles. The van der Waals surface area contributed by atoms with Crippen molar-refractivity contribution in [1.82, 2.24) is 5.32 Å². The quantitative estimate of drug-likeness (QED) is 0.820. The van der Waals surface area contributed by atoms with Gasteiger partial charge in [-0.1, -0.05) is 13.3 Å². The van der Waals surface area contributed by atoms with E-state index in [9.17, 15) is 9.59 Å². The molecule has 2 rings (SSSR count). The molecule has 1 aromatic rings. The van der Waals surface area contributed by atoms with Crippen LogP contribution in [0.4, 0.5) is 9.80 Å². The van der Waals surface area contributed by atoms with Crippen LogP contribution in [0.5, 0.6) is 0 Å². The topological polar surface area (TPSA) is 67.4 Å². The number of rotatable bonds is 5. The molecule has 1 aliphatic carbocycles. The van der Waals surface area contributed by atoms with Gasteiger partial charge in [0.25, 0.3) is 0 Å². The summed E-state index contributed by atoms with van der Waals surface area (Å²) in [5.74, 6) is 0.203. The Morgan fingerprint density at radius 3 is 2.80 bits per heavy atom. The lowest BCUT2D eigenvalue weighted by molar-refractivity contribution is 0.0527. The summed E-state index contributed by atoms with van der Waals surface area (Å²) in [6.07, 6.45) is 2.12. The highest BCUT2D eigenvalue weighted by Crippen LogP contribution is 2.33. The second-order valence-electron chi connectivity index (χ2n) is 4.95. The molecule has 1 aliphatic rings. The Bertz CT molecular complexity index is 513. The van der Waals surface area contributed by atoms with E-state index in [1.807, 2.05) is 12.3 Å². The van der Waals surface area contributed by atoms with Gasteiger partial charge < -0.3 is 10.1 Å². The van der Waals surface area contributed by atoms with Crippen molar-refractivity contribution in [1.29, 1.82) is 0 Å². The van der Waals surface area contributed by atoms with Crippen LogP contribution in [-0.2, 0) is 4.74 Å². The van der Waals surface area contributed by atoms with Crippen LogP contribution in [0.15, 0.2) is 5.38 Å². The third-order valence-electron chi connectivity index (χ3n) is 3.45. The predicted octanol–water partition coefficient (Wildman–Crippen LogP) is 3.15. The summed E-state index contributed by atoms with van der Waals surface area (Å²) in [4.78, 5) is 23.8. The number of carbonyl (C=O) groups is 2. The van der Waals surface area contributed by atoms with E-state index >= 15 is 0 Å². The summed E-state index contributed by atoms with van der Waals surface area (Å²) in [5.41, 5.74) is 1.27. The van der Waals surface area contributed by atoms with Gasteiger partial charge in [0.15, 0.2) is 0 Å². The molecule has 6 heteroatoms. The van der Waals surface area contributed by atoms with Crippen LogP contribution in [0.1, 0.15) is 42.6 Å². The average Bonchev–Trinajstić information content (AvgIpc) is 3.04. The van der Waals surface area contributed by atoms with E-state index in [0.717, 1.165) is 18.4 Å². The van der Waals surface area contributed by atoms with Gasteiger partial charge in [0, 0.05) is 6.04 Å². The number of hydrogen-bond acceptors (Lipinski definition) is 4. The van der Waals surface area contributed by atoms with E-state index < -0.39 is 0 Å². The second-order valence-corrected chi connectivity index (χ2v) is 5.83. The van der Waals surface area contributed by atoms with Crippen molar-refractivity contribution in [3.8, 4) is 0 Å². The first-order chi connectivity index (χ1) is 9.56. The van der Waals surface area contributed by atoms with Crippen molar-refractivity contribution >= 4 is 28.3 Å². The van der Waals surface area contributed by atoms with E-state index in [0.29, 0.717) is 23.1 Å². The molecule has 5 nitrogen and oxygen atoms in total. The van der Waals surface area contributed by atoms with E-state index in [2.05, 4.69) is 17.6 Å². The van der Waals surface area contributed by atoms with Gasteiger partial charge in [0.05, 0.1) is 12.2 Å². The first-order valence-electron chi connectivity index (χ1n) is 6.89. The maximum atomic E-state index is 11.9. The Morgan fingerprint density at radius 1 is 1.45 bits per heavy atom. The SMILES string of the molecule is CCOC(=O)c1c(C)csc1NC(=O)NC1CC1CC. The van der Waals surface area contributed by atoms with Gasteiger partial charge >= 0.3 is 12.0 Å². The number of hydrogen-bond donors (Lipinski definition) is 2. The van der Waals surface area contributed by atoms with E-state index in [-0.39, 0.29) is 18.0 Å². The van der Waals surface area contributed by atoms with Gasteiger partial charge in [-0.05, 0) is 37.1 Å². The van der Waals surface area contributed by atoms with Gasteiger partial charge in [0.2, 0.25) is 0 Å². The van der Waals surface area contributed by atoms with Crippen molar-refractivity contribution in [3.63, 3.8) is 0 Å². The van der Waals surface area contributed by atoms with Crippen molar-refractivity contribution < 1.29 is 14.3 Å². The van der Waals surface area contributed by atoms with Crippen LogP contribution >= 0.6 is 11.3 Å². The van der Waals surface area contributed by atoms with Gasteiger partial charge in [0.1, 0.15) is 5.00 Å². The van der Waals surface area contributed by atoms with E-state index in [1.165, 1.54) is 11.3 Å². The lowest BCUT2D eigenvalue weighted by Gasteiger charge is -2.08. The minimum Gasteiger partial charge on any atom is -0.462 e. The molecule has 1 aromatic heterocycles. The molecule has 2 amide bonds. The van der Waals surface area contributed by atoms with Crippen LogP contribution in [0.2, 0.25) is 0 Å². The van der Waals surface area contributed by atoms with Gasteiger partial charge in [-0.2, -0.15) is 0 Å². The minimum absolute atomic E-state index is 0.252. The molecule has 1 heterocycles. The maximum Gasteiger partial charge on any atom is 0.341 e. The lowest BCUT2D eigenvalue weighted by Crippen LogP contribution is -2.31. The highest BCUT2D eigenvalue weighted by atomic mass is 32.1. The van der Waals surface area contributed by atoms with Crippen LogP contribution < -0.4 is 10.6 Å².